The zero-order chi connectivity index (χ0) is 24.9. The van der Waals surface area contributed by atoms with Crippen LogP contribution in [0.25, 0.3) is 22.9 Å². The standard InChI is InChI=1S/C22H17F2N7O4/c23-14-4-2-1-3-12(14)11-31-18(16-5-6-35-30-16)8-17(29-31)22-27-10-15(24)21(28-22)26-9-13(20(25)34)7-19(32)33/h1-6,8-10H,7,11H2,(H2,25,34)(H,32,33)(H,26,27,28)/b13-9-. The summed E-state index contributed by atoms with van der Waals surface area (Å²) in [5.74, 6) is -3.91. The lowest BCUT2D eigenvalue weighted by molar-refractivity contribution is -0.137. The maximum atomic E-state index is 14.3. The van der Waals surface area contributed by atoms with E-state index in [-0.39, 0.29) is 29.5 Å². The Hall–Kier alpha value is -4.94. The highest BCUT2D eigenvalue weighted by molar-refractivity contribution is 5.96. The van der Waals surface area contributed by atoms with Gasteiger partial charge in [0.25, 0.3) is 0 Å². The summed E-state index contributed by atoms with van der Waals surface area (Å²) in [5.41, 5.74) is 6.34. The van der Waals surface area contributed by atoms with Gasteiger partial charge in [0.15, 0.2) is 17.5 Å². The van der Waals surface area contributed by atoms with Crippen molar-refractivity contribution < 1.29 is 28.0 Å². The van der Waals surface area contributed by atoms with Crippen LogP contribution in [0.1, 0.15) is 12.0 Å². The third-order valence-electron chi connectivity index (χ3n) is 4.77. The van der Waals surface area contributed by atoms with Crippen LogP contribution >= 0.6 is 0 Å². The minimum Gasteiger partial charge on any atom is -0.481 e. The lowest BCUT2D eigenvalue weighted by Crippen LogP contribution is -2.18. The van der Waals surface area contributed by atoms with Gasteiger partial charge < -0.3 is 20.7 Å². The number of hydrogen-bond acceptors (Lipinski definition) is 8. The van der Waals surface area contributed by atoms with E-state index in [0.29, 0.717) is 17.0 Å². The Morgan fingerprint density at radius 3 is 2.66 bits per heavy atom. The number of nitrogens with one attached hydrogen (secondary N) is 1. The number of amides is 1. The van der Waals surface area contributed by atoms with Gasteiger partial charge in [0.1, 0.15) is 23.5 Å². The number of primary amides is 1. The average Bonchev–Trinajstić information content (AvgIpc) is 3.49. The quantitative estimate of drug-likeness (QED) is 0.305. The van der Waals surface area contributed by atoms with Crippen LogP contribution in [0.15, 0.2) is 65.2 Å². The van der Waals surface area contributed by atoms with Gasteiger partial charge in [-0.3, -0.25) is 14.3 Å². The molecule has 0 aliphatic carbocycles. The van der Waals surface area contributed by atoms with Crippen LogP contribution in [0.5, 0.6) is 0 Å². The molecule has 0 aliphatic rings. The molecule has 3 heterocycles. The van der Waals surface area contributed by atoms with E-state index in [2.05, 4.69) is 25.5 Å². The molecule has 0 saturated carbocycles. The monoisotopic (exact) mass is 481 g/mol. The van der Waals surface area contributed by atoms with Crippen LogP contribution in [0.4, 0.5) is 14.6 Å². The van der Waals surface area contributed by atoms with Gasteiger partial charge in [-0.25, -0.2) is 18.7 Å². The summed E-state index contributed by atoms with van der Waals surface area (Å²) in [6, 6.07) is 9.37. The van der Waals surface area contributed by atoms with Crippen molar-refractivity contribution in [2.45, 2.75) is 13.0 Å². The Morgan fingerprint density at radius 1 is 1.17 bits per heavy atom. The first kappa shape index (κ1) is 23.2. The minimum atomic E-state index is -1.29. The van der Waals surface area contributed by atoms with E-state index in [4.69, 9.17) is 15.4 Å². The summed E-state index contributed by atoms with van der Waals surface area (Å²) in [6.07, 6.45) is 2.55. The second kappa shape index (κ2) is 9.91. The maximum Gasteiger partial charge on any atom is 0.308 e. The maximum absolute atomic E-state index is 14.3. The molecule has 13 heteroatoms. The number of rotatable bonds is 9. The number of benzene rings is 1. The normalized spacial score (nSPS) is 11.4. The van der Waals surface area contributed by atoms with Gasteiger partial charge >= 0.3 is 5.97 Å². The molecular weight excluding hydrogens is 464 g/mol. The van der Waals surface area contributed by atoms with Gasteiger partial charge in [0, 0.05) is 23.4 Å². The molecule has 11 nitrogen and oxygen atoms in total. The predicted molar refractivity (Wildman–Crippen MR) is 117 cm³/mol. The molecular formula is C22H17F2N7O4. The zero-order valence-electron chi connectivity index (χ0n) is 17.9. The Labute approximate surface area is 195 Å². The van der Waals surface area contributed by atoms with E-state index in [1.807, 2.05) is 0 Å². The van der Waals surface area contributed by atoms with Gasteiger partial charge in [0.2, 0.25) is 5.91 Å². The largest absolute Gasteiger partial charge is 0.481 e. The summed E-state index contributed by atoms with van der Waals surface area (Å²) in [6.45, 7) is 0.0566. The molecule has 0 fully saturated rings. The Kier molecular flexibility index (Phi) is 6.57. The number of carboxylic acid groups (broad SMARTS) is 1. The summed E-state index contributed by atoms with van der Waals surface area (Å²) < 4.78 is 34.9. The second-order valence-electron chi connectivity index (χ2n) is 7.19. The van der Waals surface area contributed by atoms with Crippen molar-refractivity contribution in [3.8, 4) is 22.9 Å². The lowest BCUT2D eigenvalue weighted by atomic mass is 10.2. The fourth-order valence-electron chi connectivity index (χ4n) is 3.10. The number of hydrogen-bond donors (Lipinski definition) is 3. The molecule has 1 aromatic carbocycles. The van der Waals surface area contributed by atoms with Crippen molar-refractivity contribution in [2.75, 3.05) is 5.32 Å². The molecule has 0 radical (unpaired) electrons. The van der Waals surface area contributed by atoms with Crippen LogP contribution in [0.3, 0.4) is 0 Å². The summed E-state index contributed by atoms with van der Waals surface area (Å²) >= 11 is 0. The van der Waals surface area contributed by atoms with E-state index in [1.165, 1.54) is 17.0 Å². The number of anilines is 1. The molecule has 4 rings (SSSR count). The molecule has 0 aliphatic heterocycles. The summed E-state index contributed by atoms with van der Waals surface area (Å²) in [7, 11) is 0. The first-order valence-corrected chi connectivity index (χ1v) is 10.0. The van der Waals surface area contributed by atoms with Crippen LogP contribution < -0.4 is 11.1 Å². The van der Waals surface area contributed by atoms with Crippen LogP contribution in [-0.4, -0.2) is 41.9 Å². The van der Waals surface area contributed by atoms with Crippen LogP contribution in [-0.2, 0) is 16.1 Å². The topological polar surface area (TPSA) is 162 Å². The Bertz CT molecular complexity index is 1420. The molecule has 0 atom stereocenters. The van der Waals surface area contributed by atoms with Gasteiger partial charge in [-0.15, -0.1) is 0 Å². The SMILES string of the molecule is NC(=O)/C(=C\Nc1nc(-c2cc(-c3ccon3)n(Cc3ccccc3F)n2)ncc1F)CC(=O)O. The number of nitrogens with zero attached hydrogens (tertiary/aromatic N) is 5. The van der Waals surface area contributed by atoms with Gasteiger partial charge in [-0.2, -0.15) is 5.10 Å². The van der Waals surface area contributed by atoms with E-state index in [9.17, 15) is 18.4 Å². The van der Waals surface area contributed by atoms with Crippen LogP contribution in [0.2, 0.25) is 0 Å². The van der Waals surface area contributed by atoms with Crippen molar-refractivity contribution in [3.63, 3.8) is 0 Å². The summed E-state index contributed by atoms with van der Waals surface area (Å²) in [4.78, 5) is 30.4. The number of halogens is 2. The average molecular weight is 481 g/mol. The molecule has 0 bridgehead atoms. The molecule has 0 spiro atoms. The van der Waals surface area contributed by atoms with Crippen molar-refractivity contribution >= 4 is 17.7 Å². The molecule has 178 valence electrons. The summed E-state index contributed by atoms with van der Waals surface area (Å²) in [5, 5.41) is 19.7. The van der Waals surface area contributed by atoms with Crippen LogP contribution in [0, 0.1) is 11.6 Å². The van der Waals surface area contributed by atoms with E-state index >= 15 is 0 Å². The highest BCUT2D eigenvalue weighted by Gasteiger charge is 2.18. The number of aromatic nitrogens is 5. The van der Waals surface area contributed by atoms with Gasteiger partial charge in [-0.05, 0) is 12.1 Å². The molecule has 0 saturated heterocycles. The fourth-order valence-corrected chi connectivity index (χ4v) is 3.10. The third-order valence-corrected chi connectivity index (χ3v) is 4.77. The van der Waals surface area contributed by atoms with E-state index in [1.54, 1.807) is 30.3 Å². The molecule has 3 aromatic heterocycles. The predicted octanol–water partition coefficient (Wildman–Crippen LogP) is 2.58. The number of aliphatic carboxylic acids is 1. The zero-order valence-corrected chi connectivity index (χ0v) is 17.9. The Morgan fingerprint density at radius 2 is 1.97 bits per heavy atom. The Balaban J connectivity index is 1.70. The fraction of sp³-hybridized carbons (Fsp3) is 0.0909. The first-order valence-electron chi connectivity index (χ1n) is 10.0. The molecule has 1 amide bonds. The van der Waals surface area contributed by atoms with Crippen molar-refractivity contribution in [1.29, 1.82) is 0 Å². The van der Waals surface area contributed by atoms with Crippen molar-refractivity contribution in [2.24, 2.45) is 5.73 Å². The van der Waals surface area contributed by atoms with E-state index < -0.39 is 29.9 Å². The smallest absolute Gasteiger partial charge is 0.308 e. The van der Waals surface area contributed by atoms with Gasteiger partial charge in [-0.1, -0.05) is 23.4 Å². The first-order chi connectivity index (χ1) is 16.8. The van der Waals surface area contributed by atoms with E-state index in [0.717, 1.165) is 12.4 Å². The highest BCUT2D eigenvalue weighted by atomic mass is 19.1. The molecule has 4 aromatic rings. The highest BCUT2D eigenvalue weighted by Crippen LogP contribution is 2.26. The minimum absolute atomic E-state index is 0.00168. The number of carbonyl (C=O) groups is 2. The van der Waals surface area contributed by atoms with Crippen molar-refractivity contribution in [3.05, 3.63) is 77.8 Å². The second-order valence-corrected chi connectivity index (χ2v) is 7.19. The lowest BCUT2D eigenvalue weighted by Gasteiger charge is -2.07. The number of carboxylic acids is 1. The molecule has 0 unspecified atom stereocenters. The molecule has 4 N–H and O–H groups in total. The molecule has 35 heavy (non-hydrogen) atoms. The van der Waals surface area contributed by atoms with Crippen molar-refractivity contribution in [1.82, 2.24) is 24.9 Å². The van der Waals surface area contributed by atoms with Gasteiger partial charge in [0.05, 0.1) is 24.9 Å². The third kappa shape index (κ3) is 5.35. The number of nitrogens with two attached hydrogens (primary N) is 1. The number of carbonyl (C=O) groups excluding carboxylic acids is 1.